The number of amides is 1. The molecule has 1 aliphatic rings. The Hall–Kier alpha value is -4.63. The van der Waals surface area contributed by atoms with E-state index in [1.54, 1.807) is 12.1 Å². The number of carbonyl (C=O) groups is 3. The number of para-hydroxylation sites is 1. The van der Waals surface area contributed by atoms with Gasteiger partial charge in [-0.1, -0.05) is 36.4 Å². The maximum absolute atomic E-state index is 13.0. The number of phenolic OH excluding ortho intramolecular Hbond substituents is 1. The van der Waals surface area contributed by atoms with E-state index in [0.29, 0.717) is 4.47 Å². The van der Waals surface area contributed by atoms with Gasteiger partial charge in [0.05, 0.1) is 11.0 Å². The van der Waals surface area contributed by atoms with Gasteiger partial charge in [0.25, 0.3) is 0 Å². The van der Waals surface area contributed by atoms with Crippen molar-refractivity contribution in [3.05, 3.63) is 75.2 Å². The molecule has 3 atom stereocenters. The van der Waals surface area contributed by atoms with Gasteiger partial charge in [-0.15, -0.1) is 0 Å². The predicted molar refractivity (Wildman–Crippen MR) is 158 cm³/mol. The highest BCUT2D eigenvalue weighted by Crippen LogP contribution is 2.37. The van der Waals surface area contributed by atoms with Crippen molar-refractivity contribution < 1.29 is 43.2 Å². The fourth-order valence-corrected chi connectivity index (χ4v) is 4.68. The number of aromatic nitrogens is 2. The number of esters is 2. The lowest BCUT2D eigenvalue weighted by molar-refractivity contribution is -0.155. The van der Waals surface area contributed by atoms with Crippen LogP contribution in [0.3, 0.4) is 0 Å². The van der Waals surface area contributed by atoms with Gasteiger partial charge in [0.15, 0.2) is 5.82 Å². The van der Waals surface area contributed by atoms with Crippen LogP contribution in [0.1, 0.15) is 32.1 Å². The minimum absolute atomic E-state index is 0.0474. The molecule has 1 unspecified atom stereocenters. The molecule has 0 bridgehead atoms. The molecule has 0 radical (unpaired) electrons. The molecule has 0 saturated carbocycles. The van der Waals surface area contributed by atoms with Crippen molar-refractivity contribution in [2.45, 2.75) is 45.3 Å². The van der Waals surface area contributed by atoms with E-state index in [2.05, 4.69) is 31.5 Å². The quantitative estimate of drug-likeness (QED) is 0.110. The largest absolute Gasteiger partial charge is 0.506 e. The van der Waals surface area contributed by atoms with Crippen LogP contribution >= 0.6 is 15.9 Å². The minimum atomic E-state index is -0.860. The summed E-state index contributed by atoms with van der Waals surface area (Å²) >= 11 is 3.39. The van der Waals surface area contributed by atoms with Crippen molar-refractivity contribution in [3.63, 3.8) is 0 Å². The van der Waals surface area contributed by atoms with Crippen LogP contribution in [0.2, 0.25) is 0 Å². The van der Waals surface area contributed by atoms with Crippen LogP contribution in [0.25, 0.3) is 0 Å². The number of benzene rings is 2. The predicted octanol–water partition coefficient (Wildman–Crippen LogP) is 3.54. The highest BCUT2D eigenvalue weighted by molar-refractivity contribution is 9.10. The summed E-state index contributed by atoms with van der Waals surface area (Å²) in [5, 5.41) is 16.0. The fraction of sp³-hybridized carbons (Fsp3) is 0.345. The Morgan fingerprint density at radius 2 is 1.86 bits per heavy atom. The molecular weight excluding hydrogens is 644 g/mol. The highest BCUT2D eigenvalue weighted by atomic mass is 79.9. The van der Waals surface area contributed by atoms with Crippen molar-refractivity contribution in [3.8, 4) is 11.5 Å². The number of ether oxygens (including phenoxy) is 5. The summed E-state index contributed by atoms with van der Waals surface area (Å²) in [6.45, 7) is 2.62. The molecule has 1 fully saturated rings. The number of nitrogens with zero attached hydrogens (tertiary/aromatic N) is 2. The second kappa shape index (κ2) is 15.2. The standard InChI is InChI=1S/C29H31BrN4O10/c1-17(35)41-16-24-23(43-18(2)36)13-25(44-24)34-14-20(30)27(33-28(34)38)32-26-21(37)9-6-10-22(26)40-12-11-31-29(39)42-15-19-7-4-3-5-8-19/h3-10,14,23-25,37H,11-13,15-16H2,1-2H3,(H,31,39)(H,32,33,38)/t23?,24-,25-/m1/s1. The average Bonchev–Trinajstić information content (AvgIpc) is 3.38. The molecule has 1 aromatic heterocycles. The van der Waals surface area contributed by atoms with Crippen LogP contribution in [0, 0.1) is 0 Å². The lowest BCUT2D eigenvalue weighted by Crippen LogP contribution is -2.31. The van der Waals surface area contributed by atoms with Gasteiger partial charge in [0.1, 0.15) is 55.4 Å². The molecule has 0 aliphatic carbocycles. The first kappa shape index (κ1) is 32.3. The van der Waals surface area contributed by atoms with Crippen LogP contribution in [0.15, 0.2) is 64.0 Å². The maximum Gasteiger partial charge on any atom is 0.407 e. The fourth-order valence-electron chi connectivity index (χ4n) is 4.27. The molecule has 3 N–H and O–H groups in total. The van der Waals surface area contributed by atoms with Crippen LogP contribution in [0.5, 0.6) is 11.5 Å². The Bertz CT molecular complexity index is 1530. The number of hydrogen-bond acceptors (Lipinski definition) is 12. The van der Waals surface area contributed by atoms with E-state index in [4.69, 9.17) is 23.7 Å². The second-order valence-corrected chi connectivity index (χ2v) is 10.4. The molecule has 1 amide bonds. The molecule has 1 aliphatic heterocycles. The minimum Gasteiger partial charge on any atom is -0.506 e. The Labute approximate surface area is 260 Å². The number of carbonyl (C=O) groups excluding carboxylic acids is 3. The molecule has 4 rings (SSSR count). The SMILES string of the molecule is CC(=O)OC[C@H]1O[C@@H](n2cc(Br)c(Nc3c(O)cccc3OCCNC(=O)OCc3ccccc3)nc2=O)CC1OC(C)=O. The van der Waals surface area contributed by atoms with Crippen molar-refractivity contribution in [1.82, 2.24) is 14.9 Å². The summed E-state index contributed by atoms with van der Waals surface area (Å²) in [5.74, 6) is -0.934. The second-order valence-electron chi connectivity index (χ2n) is 9.55. The third-order valence-corrected chi connectivity index (χ3v) is 6.84. The number of hydrogen-bond donors (Lipinski definition) is 3. The van der Waals surface area contributed by atoms with E-state index in [-0.39, 0.29) is 55.8 Å². The van der Waals surface area contributed by atoms with Gasteiger partial charge < -0.3 is 39.4 Å². The van der Waals surface area contributed by atoms with Gasteiger partial charge >= 0.3 is 23.7 Å². The number of phenols is 1. The zero-order chi connectivity index (χ0) is 31.6. The Balaban J connectivity index is 1.39. The van der Waals surface area contributed by atoms with Crippen LogP contribution in [-0.4, -0.2) is 64.7 Å². The number of anilines is 2. The van der Waals surface area contributed by atoms with E-state index < -0.39 is 42.2 Å². The first-order chi connectivity index (χ1) is 21.1. The first-order valence-electron chi connectivity index (χ1n) is 13.5. The molecule has 234 valence electrons. The summed E-state index contributed by atoms with van der Waals surface area (Å²) in [5.41, 5.74) is 0.289. The summed E-state index contributed by atoms with van der Waals surface area (Å²) < 4.78 is 28.7. The van der Waals surface area contributed by atoms with Gasteiger partial charge in [0.2, 0.25) is 0 Å². The lowest BCUT2D eigenvalue weighted by Gasteiger charge is -2.18. The van der Waals surface area contributed by atoms with Crippen LogP contribution in [-0.2, 0) is 35.1 Å². The zero-order valence-electron chi connectivity index (χ0n) is 23.9. The van der Waals surface area contributed by atoms with Gasteiger partial charge in [-0.05, 0) is 33.6 Å². The third kappa shape index (κ3) is 8.94. The van der Waals surface area contributed by atoms with E-state index in [9.17, 15) is 24.3 Å². The van der Waals surface area contributed by atoms with Crippen LogP contribution < -0.4 is 21.1 Å². The third-order valence-electron chi connectivity index (χ3n) is 6.26. The van der Waals surface area contributed by atoms with Crippen molar-refractivity contribution in [2.75, 3.05) is 25.1 Å². The zero-order valence-corrected chi connectivity index (χ0v) is 25.4. The summed E-state index contributed by atoms with van der Waals surface area (Å²) in [7, 11) is 0. The molecule has 14 nitrogen and oxygen atoms in total. The molecule has 44 heavy (non-hydrogen) atoms. The van der Waals surface area contributed by atoms with E-state index in [0.717, 1.165) is 5.56 Å². The van der Waals surface area contributed by atoms with Crippen LogP contribution in [0.4, 0.5) is 16.3 Å². The highest BCUT2D eigenvalue weighted by Gasteiger charge is 2.40. The monoisotopic (exact) mass is 674 g/mol. The topological polar surface area (TPSA) is 177 Å². The van der Waals surface area contributed by atoms with Crippen molar-refractivity contribution >= 4 is 45.5 Å². The number of rotatable bonds is 12. The Morgan fingerprint density at radius 3 is 2.59 bits per heavy atom. The van der Waals surface area contributed by atoms with Gasteiger partial charge in [-0.3, -0.25) is 14.2 Å². The molecule has 3 aromatic rings. The smallest absolute Gasteiger partial charge is 0.407 e. The molecule has 15 heteroatoms. The summed E-state index contributed by atoms with van der Waals surface area (Å²) in [4.78, 5) is 51.9. The van der Waals surface area contributed by atoms with Gasteiger partial charge in [0, 0.05) is 26.5 Å². The number of halogens is 1. The Kier molecular flexibility index (Phi) is 11.2. The molecule has 0 spiro atoms. The normalized spacial score (nSPS) is 17.4. The Morgan fingerprint density at radius 1 is 1.09 bits per heavy atom. The maximum atomic E-state index is 13.0. The van der Waals surface area contributed by atoms with Crippen molar-refractivity contribution in [1.29, 1.82) is 0 Å². The van der Waals surface area contributed by atoms with E-state index in [1.807, 2.05) is 30.3 Å². The van der Waals surface area contributed by atoms with Gasteiger partial charge in [-0.2, -0.15) is 4.98 Å². The summed E-state index contributed by atoms with van der Waals surface area (Å²) in [6.07, 6.45) is -1.44. The average molecular weight is 675 g/mol. The number of nitrogens with one attached hydrogen (secondary N) is 2. The molecule has 2 heterocycles. The van der Waals surface area contributed by atoms with E-state index >= 15 is 0 Å². The number of aromatic hydroxyl groups is 1. The van der Waals surface area contributed by atoms with E-state index in [1.165, 1.54) is 30.7 Å². The lowest BCUT2D eigenvalue weighted by atomic mass is 10.2. The molecule has 2 aromatic carbocycles. The van der Waals surface area contributed by atoms with Gasteiger partial charge in [-0.25, -0.2) is 9.59 Å². The number of alkyl carbamates (subject to hydrolysis) is 1. The summed E-state index contributed by atoms with van der Waals surface area (Å²) in [6, 6.07) is 13.8. The first-order valence-corrected chi connectivity index (χ1v) is 14.3. The molecule has 1 saturated heterocycles. The van der Waals surface area contributed by atoms with Crippen molar-refractivity contribution in [2.24, 2.45) is 0 Å². The molecular formula is C29H31BrN4O10.